The summed E-state index contributed by atoms with van der Waals surface area (Å²) < 4.78 is 6.24. The first-order valence-electron chi connectivity index (χ1n) is 17.9. The predicted octanol–water partition coefficient (Wildman–Crippen LogP) is 8.95. The Balaban J connectivity index is 1.35. The van der Waals surface area contributed by atoms with E-state index in [2.05, 4.69) is 66.8 Å². The highest BCUT2D eigenvalue weighted by Gasteiger charge is 2.69. The van der Waals surface area contributed by atoms with Gasteiger partial charge in [-0.3, -0.25) is 9.59 Å². The SMILES string of the molecule is CCCCCCNCC(=O)O[C@H]1CC[C@]2(C)[C@H]3CC=C4[C@@H]5CC(C)(C)CC[C@]5(C(=O)O)CC[C@@]4(C)[C@]3(C)CC[C@H]2C1(C)C. The number of unbranched alkanes of at least 4 members (excludes halogenated alkanes) is 3. The summed E-state index contributed by atoms with van der Waals surface area (Å²) in [5.41, 5.74) is 1.39. The molecule has 0 aromatic heterocycles. The van der Waals surface area contributed by atoms with Gasteiger partial charge in [0, 0.05) is 5.41 Å². The quantitative estimate of drug-likeness (QED) is 0.158. The van der Waals surface area contributed by atoms with Crippen molar-refractivity contribution in [3.05, 3.63) is 11.6 Å². The van der Waals surface area contributed by atoms with E-state index >= 15 is 0 Å². The predicted molar refractivity (Wildman–Crippen MR) is 174 cm³/mol. The van der Waals surface area contributed by atoms with Crippen LogP contribution < -0.4 is 5.32 Å². The molecule has 5 rings (SSSR count). The largest absolute Gasteiger partial charge is 0.481 e. The lowest BCUT2D eigenvalue weighted by molar-refractivity contribution is -0.213. The molecule has 5 nitrogen and oxygen atoms in total. The Morgan fingerprint density at radius 2 is 1.63 bits per heavy atom. The number of carboxylic acids is 1. The Hall–Kier alpha value is -1.36. The lowest BCUT2D eigenvalue weighted by Gasteiger charge is -2.71. The van der Waals surface area contributed by atoms with Crippen LogP contribution in [0.15, 0.2) is 11.6 Å². The minimum absolute atomic E-state index is 0.0371. The summed E-state index contributed by atoms with van der Waals surface area (Å²) in [6.45, 7) is 20.5. The number of ether oxygens (including phenoxy) is 1. The van der Waals surface area contributed by atoms with Crippen LogP contribution in [0.1, 0.15) is 145 Å². The number of allylic oxidation sites excluding steroid dienone is 2. The molecular weight excluding hydrogens is 534 g/mol. The number of carbonyl (C=O) groups excluding carboxylic acids is 1. The fraction of sp³-hybridized carbons (Fsp3) is 0.895. The average Bonchev–Trinajstić information content (AvgIpc) is 2.92. The molecule has 5 aliphatic rings. The summed E-state index contributed by atoms with van der Waals surface area (Å²) in [5, 5.41) is 13.9. The van der Waals surface area contributed by atoms with Crippen molar-refractivity contribution >= 4 is 11.9 Å². The minimum Gasteiger partial charge on any atom is -0.481 e. The van der Waals surface area contributed by atoms with Gasteiger partial charge in [0.15, 0.2) is 0 Å². The number of hydrogen-bond acceptors (Lipinski definition) is 4. The zero-order valence-corrected chi connectivity index (χ0v) is 28.9. The topological polar surface area (TPSA) is 75.6 Å². The van der Waals surface area contributed by atoms with E-state index in [-0.39, 0.29) is 45.1 Å². The standard InChI is InChI=1S/C38H63NO4/c1-9-10-11-12-23-39-25-31(40)43-30-16-17-35(6)28(34(30,4)5)15-18-37(8)29(35)14-13-26-27-24-33(2,3)19-21-38(27,32(41)42)22-20-36(26,37)7/h13,27-30,39H,9-12,14-25H2,1-8H3,(H,41,42)/t27-,28-,29+,30-,35-,36+,37+,38-/m0/s1. The third-order valence-corrected chi connectivity index (χ3v) is 14.8. The Labute approximate surface area is 262 Å². The van der Waals surface area contributed by atoms with Crippen molar-refractivity contribution in [1.82, 2.24) is 5.32 Å². The molecule has 0 amide bonds. The number of nitrogens with one attached hydrogen (secondary N) is 1. The molecule has 0 saturated heterocycles. The molecule has 0 spiro atoms. The summed E-state index contributed by atoms with van der Waals surface area (Å²) in [7, 11) is 0. The molecule has 0 aliphatic heterocycles. The number of hydrogen-bond donors (Lipinski definition) is 2. The van der Waals surface area contributed by atoms with Crippen molar-refractivity contribution < 1.29 is 19.4 Å². The number of carboxylic acid groups (broad SMARTS) is 1. The number of aliphatic carboxylic acids is 1. The van der Waals surface area contributed by atoms with E-state index in [0.717, 1.165) is 70.8 Å². The lowest BCUT2D eigenvalue weighted by atomic mass is 9.33. The normalized spacial score (nSPS) is 42.8. The summed E-state index contributed by atoms with van der Waals surface area (Å²) in [5.74, 6) is 0.556. The molecular formula is C38H63NO4. The van der Waals surface area contributed by atoms with E-state index in [9.17, 15) is 14.7 Å². The summed E-state index contributed by atoms with van der Waals surface area (Å²) in [4.78, 5) is 25.8. The van der Waals surface area contributed by atoms with Crippen LogP contribution in [-0.4, -0.2) is 36.2 Å². The minimum atomic E-state index is -0.584. The zero-order valence-electron chi connectivity index (χ0n) is 28.9. The molecule has 0 radical (unpaired) electrons. The van der Waals surface area contributed by atoms with Crippen molar-refractivity contribution in [3.8, 4) is 0 Å². The second-order valence-corrected chi connectivity index (χ2v) is 17.8. The van der Waals surface area contributed by atoms with Gasteiger partial charge in [-0.1, -0.05) is 86.3 Å². The molecule has 0 unspecified atom stereocenters. The van der Waals surface area contributed by atoms with Gasteiger partial charge in [0.1, 0.15) is 6.10 Å². The van der Waals surface area contributed by atoms with E-state index in [4.69, 9.17) is 4.74 Å². The van der Waals surface area contributed by atoms with Gasteiger partial charge in [-0.2, -0.15) is 0 Å². The maximum Gasteiger partial charge on any atom is 0.320 e. The van der Waals surface area contributed by atoms with Crippen LogP contribution in [0.4, 0.5) is 0 Å². The molecule has 4 saturated carbocycles. The average molecular weight is 598 g/mol. The first-order chi connectivity index (χ1) is 20.1. The van der Waals surface area contributed by atoms with Gasteiger partial charge in [-0.05, 0) is 117 Å². The molecule has 0 bridgehead atoms. The first kappa shape index (κ1) is 33.0. The van der Waals surface area contributed by atoms with Gasteiger partial charge in [0.25, 0.3) is 0 Å². The van der Waals surface area contributed by atoms with Crippen molar-refractivity contribution in [2.45, 2.75) is 151 Å². The molecule has 4 fully saturated rings. The molecule has 244 valence electrons. The van der Waals surface area contributed by atoms with E-state index in [0.29, 0.717) is 18.4 Å². The Morgan fingerprint density at radius 3 is 2.33 bits per heavy atom. The first-order valence-corrected chi connectivity index (χ1v) is 17.9. The van der Waals surface area contributed by atoms with Crippen LogP contribution >= 0.6 is 0 Å². The van der Waals surface area contributed by atoms with Crippen molar-refractivity contribution in [2.75, 3.05) is 13.1 Å². The van der Waals surface area contributed by atoms with Crippen LogP contribution in [0.25, 0.3) is 0 Å². The van der Waals surface area contributed by atoms with Crippen molar-refractivity contribution in [1.29, 1.82) is 0 Å². The molecule has 0 aromatic rings. The van der Waals surface area contributed by atoms with Crippen LogP contribution in [0.2, 0.25) is 0 Å². The van der Waals surface area contributed by atoms with Gasteiger partial charge in [-0.15, -0.1) is 0 Å². The second-order valence-electron chi connectivity index (χ2n) is 17.8. The van der Waals surface area contributed by atoms with Crippen LogP contribution in [-0.2, 0) is 14.3 Å². The molecule has 5 heteroatoms. The fourth-order valence-corrected chi connectivity index (χ4v) is 11.9. The van der Waals surface area contributed by atoms with Gasteiger partial charge < -0.3 is 15.2 Å². The fourth-order valence-electron chi connectivity index (χ4n) is 11.9. The molecule has 0 heterocycles. The number of carbonyl (C=O) groups is 2. The van der Waals surface area contributed by atoms with Crippen molar-refractivity contribution in [3.63, 3.8) is 0 Å². The molecule has 5 aliphatic carbocycles. The Kier molecular flexibility index (Phi) is 8.80. The maximum absolute atomic E-state index is 12.9. The lowest BCUT2D eigenvalue weighted by Crippen LogP contribution is -2.65. The maximum atomic E-state index is 12.9. The van der Waals surface area contributed by atoms with Crippen LogP contribution in [0.3, 0.4) is 0 Å². The third-order valence-electron chi connectivity index (χ3n) is 14.8. The summed E-state index contributed by atoms with van der Waals surface area (Å²) in [6.07, 6.45) is 17.4. The second kappa shape index (κ2) is 11.5. The summed E-state index contributed by atoms with van der Waals surface area (Å²) in [6, 6.07) is 0. The van der Waals surface area contributed by atoms with Gasteiger partial charge in [0.2, 0.25) is 0 Å². The van der Waals surface area contributed by atoms with Gasteiger partial charge >= 0.3 is 11.9 Å². The number of esters is 1. The zero-order chi connectivity index (χ0) is 31.5. The van der Waals surface area contributed by atoms with Crippen molar-refractivity contribution in [2.24, 2.45) is 50.2 Å². The number of fused-ring (bicyclic) bond motifs is 7. The van der Waals surface area contributed by atoms with E-state index < -0.39 is 11.4 Å². The Bertz CT molecular complexity index is 1110. The monoisotopic (exact) mass is 597 g/mol. The molecule has 43 heavy (non-hydrogen) atoms. The number of rotatable bonds is 9. The van der Waals surface area contributed by atoms with E-state index in [1.54, 1.807) is 0 Å². The van der Waals surface area contributed by atoms with Crippen LogP contribution in [0, 0.1) is 50.2 Å². The third kappa shape index (κ3) is 5.24. The smallest absolute Gasteiger partial charge is 0.320 e. The highest BCUT2D eigenvalue weighted by molar-refractivity contribution is 5.76. The molecule has 0 aromatic carbocycles. The highest BCUT2D eigenvalue weighted by atomic mass is 16.5. The summed E-state index contributed by atoms with van der Waals surface area (Å²) >= 11 is 0. The van der Waals surface area contributed by atoms with E-state index in [1.165, 1.54) is 31.3 Å². The molecule has 8 atom stereocenters. The Morgan fingerprint density at radius 1 is 0.907 bits per heavy atom. The molecule has 2 N–H and O–H groups in total. The van der Waals surface area contributed by atoms with Gasteiger partial charge in [-0.25, -0.2) is 0 Å². The highest BCUT2D eigenvalue weighted by Crippen LogP contribution is 2.75. The van der Waals surface area contributed by atoms with E-state index in [1.807, 2.05) is 0 Å². The van der Waals surface area contributed by atoms with Gasteiger partial charge in [0.05, 0.1) is 12.0 Å². The van der Waals surface area contributed by atoms with Crippen LogP contribution in [0.5, 0.6) is 0 Å².